The van der Waals surface area contributed by atoms with E-state index in [1.165, 1.54) is 6.33 Å². The van der Waals surface area contributed by atoms with E-state index < -0.39 is 0 Å². The van der Waals surface area contributed by atoms with Crippen LogP contribution in [0.15, 0.2) is 12.5 Å². The Morgan fingerprint density at radius 1 is 1.44 bits per heavy atom. The van der Waals surface area contributed by atoms with Crippen molar-refractivity contribution in [1.82, 2.24) is 14.9 Å². The summed E-state index contributed by atoms with van der Waals surface area (Å²) in [5, 5.41) is 3.60. The fraction of sp³-hybridized carbons (Fsp3) is 0.600. The monoisotopic (exact) mass is 244 g/mol. The molecule has 1 heterocycles. The molecule has 90 valence electrons. The number of hydrogen-bond acceptors (Lipinski definition) is 5. The largest absolute Gasteiger partial charge is 0.378 e. The Bertz CT molecular complexity index is 309. The average Bonchev–Trinajstić information content (AvgIpc) is 2.25. The van der Waals surface area contributed by atoms with Crippen LogP contribution in [0.3, 0.4) is 0 Å². The van der Waals surface area contributed by atoms with Gasteiger partial charge in [-0.1, -0.05) is 11.6 Å². The van der Waals surface area contributed by atoms with Gasteiger partial charge >= 0.3 is 0 Å². The van der Waals surface area contributed by atoms with Gasteiger partial charge in [-0.2, -0.15) is 0 Å². The number of likely N-dealkylation sites (N-methyl/N-ethyl adjacent to an activating group) is 1. The Kier molecular flexibility index (Phi) is 6.07. The van der Waals surface area contributed by atoms with E-state index in [-0.39, 0.29) is 0 Å². The van der Waals surface area contributed by atoms with E-state index in [0.29, 0.717) is 24.0 Å². The molecule has 0 atom stereocenters. The molecule has 1 aromatic rings. The minimum atomic E-state index is 0.524. The van der Waals surface area contributed by atoms with Gasteiger partial charge in [0.05, 0.1) is 19.4 Å². The first-order valence-corrected chi connectivity index (χ1v) is 5.50. The summed E-state index contributed by atoms with van der Waals surface area (Å²) in [6.07, 6.45) is 3.02. The molecule has 0 aliphatic carbocycles. The molecule has 5 nitrogen and oxygen atoms in total. The van der Waals surface area contributed by atoms with Gasteiger partial charge < -0.3 is 15.0 Å². The quantitative estimate of drug-likeness (QED) is 0.729. The van der Waals surface area contributed by atoms with E-state index in [1.807, 2.05) is 14.1 Å². The summed E-state index contributed by atoms with van der Waals surface area (Å²) in [7, 11) is 4.03. The van der Waals surface area contributed by atoms with E-state index in [0.717, 1.165) is 13.2 Å². The van der Waals surface area contributed by atoms with E-state index in [9.17, 15) is 0 Å². The van der Waals surface area contributed by atoms with Crippen LogP contribution in [0.4, 0.5) is 5.82 Å². The zero-order valence-electron chi connectivity index (χ0n) is 9.61. The lowest BCUT2D eigenvalue weighted by molar-refractivity contribution is 0.126. The minimum Gasteiger partial charge on any atom is -0.378 e. The van der Waals surface area contributed by atoms with Gasteiger partial charge in [-0.25, -0.2) is 9.97 Å². The third-order valence-electron chi connectivity index (χ3n) is 1.89. The van der Waals surface area contributed by atoms with Gasteiger partial charge in [-0.15, -0.1) is 0 Å². The molecular formula is C10H17ClN4O. The summed E-state index contributed by atoms with van der Waals surface area (Å²) in [6, 6.07) is 0. The second-order valence-electron chi connectivity index (χ2n) is 3.56. The van der Waals surface area contributed by atoms with Crippen molar-refractivity contribution in [2.45, 2.75) is 0 Å². The standard InChI is InChI=1S/C10H17ClN4O/c1-15(2)4-6-16-5-3-13-10-9(11)7-12-8-14-10/h7-8H,3-6H2,1-2H3,(H,12,13,14). The van der Waals surface area contributed by atoms with E-state index >= 15 is 0 Å². The molecule has 0 radical (unpaired) electrons. The Morgan fingerprint density at radius 2 is 2.25 bits per heavy atom. The predicted molar refractivity (Wildman–Crippen MR) is 64.9 cm³/mol. The molecule has 1 N–H and O–H groups in total. The zero-order chi connectivity index (χ0) is 11.8. The molecule has 0 unspecified atom stereocenters. The molecule has 0 aromatic carbocycles. The number of hydrogen-bond donors (Lipinski definition) is 1. The van der Waals surface area contributed by atoms with Crippen molar-refractivity contribution in [2.75, 3.05) is 45.7 Å². The lowest BCUT2D eigenvalue weighted by Gasteiger charge is -2.10. The molecule has 0 saturated heterocycles. The molecule has 1 aromatic heterocycles. The second-order valence-corrected chi connectivity index (χ2v) is 3.97. The molecule has 0 fully saturated rings. The number of nitrogens with zero attached hydrogens (tertiary/aromatic N) is 3. The summed E-state index contributed by atoms with van der Waals surface area (Å²) in [5.74, 6) is 0.646. The smallest absolute Gasteiger partial charge is 0.148 e. The number of ether oxygens (including phenoxy) is 1. The van der Waals surface area contributed by atoms with Crippen molar-refractivity contribution in [1.29, 1.82) is 0 Å². The van der Waals surface area contributed by atoms with E-state index in [4.69, 9.17) is 16.3 Å². The van der Waals surface area contributed by atoms with Crippen LogP contribution < -0.4 is 5.32 Å². The molecule has 0 spiro atoms. The summed E-state index contributed by atoms with van der Waals surface area (Å²) < 4.78 is 5.42. The molecule has 6 heteroatoms. The van der Waals surface area contributed by atoms with Crippen LogP contribution in [0.2, 0.25) is 5.02 Å². The fourth-order valence-corrected chi connectivity index (χ4v) is 1.21. The minimum absolute atomic E-state index is 0.524. The molecule has 0 aliphatic heterocycles. The van der Waals surface area contributed by atoms with E-state index in [2.05, 4.69) is 20.2 Å². The highest BCUT2D eigenvalue weighted by molar-refractivity contribution is 6.32. The molecule has 0 bridgehead atoms. The van der Waals surface area contributed by atoms with Crippen LogP contribution in [-0.4, -0.2) is 55.3 Å². The third kappa shape index (κ3) is 5.25. The Hall–Kier alpha value is -0.910. The lowest BCUT2D eigenvalue weighted by atomic mass is 10.5. The topological polar surface area (TPSA) is 50.3 Å². The molecule has 0 amide bonds. The highest BCUT2D eigenvalue weighted by Crippen LogP contribution is 2.15. The van der Waals surface area contributed by atoms with Crippen LogP contribution in [-0.2, 0) is 4.74 Å². The summed E-state index contributed by atoms with van der Waals surface area (Å²) in [4.78, 5) is 9.89. The number of nitrogens with one attached hydrogen (secondary N) is 1. The second kappa shape index (κ2) is 7.38. The normalized spacial score (nSPS) is 10.8. The average molecular weight is 245 g/mol. The lowest BCUT2D eigenvalue weighted by Crippen LogP contribution is -2.20. The third-order valence-corrected chi connectivity index (χ3v) is 2.17. The van der Waals surface area contributed by atoms with Crippen molar-refractivity contribution < 1.29 is 4.74 Å². The number of aromatic nitrogens is 2. The molecule has 0 saturated carbocycles. The number of halogens is 1. The highest BCUT2D eigenvalue weighted by atomic mass is 35.5. The molecular weight excluding hydrogens is 228 g/mol. The van der Waals surface area contributed by atoms with Crippen molar-refractivity contribution in [3.05, 3.63) is 17.5 Å². The summed E-state index contributed by atoms with van der Waals surface area (Å²) >= 11 is 5.87. The first kappa shape index (κ1) is 13.2. The maximum atomic E-state index is 5.87. The molecule has 0 aliphatic rings. The van der Waals surface area contributed by atoms with Gasteiger partial charge in [0.1, 0.15) is 17.2 Å². The van der Waals surface area contributed by atoms with Crippen LogP contribution in [0, 0.1) is 0 Å². The number of anilines is 1. The van der Waals surface area contributed by atoms with Crippen LogP contribution in [0.5, 0.6) is 0 Å². The SMILES string of the molecule is CN(C)CCOCCNc1ncncc1Cl. The molecule has 1 rings (SSSR count). The Balaban J connectivity index is 2.10. The summed E-state index contributed by atoms with van der Waals surface area (Å²) in [6.45, 7) is 2.97. The highest BCUT2D eigenvalue weighted by Gasteiger charge is 1.99. The van der Waals surface area contributed by atoms with E-state index in [1.54, 1.807) is 6.20 Å². The van der Waals surface area contributed by atoms with Crippen LogP contribution in [0.1, 0.15) is 0 Å². The molecule has 16 heavy (non-hydrogen) atoms. The van der Waals surface area contributed by atoms with Gasteiger partial charge in [0.25, 0.3) is 0 Å². The predicted octanol–water partition coefficient (Wildman–Crippen LogP) is 1.12. The zero-order valence-corrected chi connectivity index (χ0v) is 10.4. The van der Waals surface area contributed by atoms with Crippen molar-refractivity contribution >= 4 is 17.4 Å². The fourth-order valence-electron chi connectivity index (χ4n) is 1.03. The first-order chi connectivity index (χ1) is 7.70. The first-order valence-electron chi connectivity index (χ1n) is 5.12. The Morgan fingerprint density at radius 3 is 2.94 bits per heavy atom. The maximum Gasteiger partial charge on any atom is 0.148 e. The van der Waals surface area contributed by atoms with Gasteiger partial charge in [0.2, 0.25) is 0 Å². The Labute approximate surface area is 101 Å². The number of rotatable bonds is 7. The van der Waals surface area contributed by atoms with Gasteiger partial charge in [0, 0.05) is 13.1 Å². The van der Waals surface area contributed by atoms with Gasteiger partial charge in [0.15, 0.2) is 0 Å². The van der Waals surface area contributed by atoms with Crippen molar-refractivity contribution in [3.8, 4) is 0 Å². The van der Waals surface area contributed by atoms with Gasteiger partial charge in [-0.05, 0) is 14.1 Å². The van der Waals surface area contributed by atoms with Crippen molar-refractivity contribution in [2.24, 2.45) is 0 Å². The van der Waals surface area contributed by atoms with Crippen molar-refractivity contribution in [3.63, 3.8) is 0 Å². The van der Waals surface area contributed by atoms with Gasteiger partial charge in [-0.3, -0.25) is 0 Å². The van der Waals surface area contributed by atoms with Crippen LogP contribution >= 0.6 is 11.6 Å². The summed E-state index contributed by atoms with van der Waals surface area (Å²) in [5.41, 5.74) is 0. The van der Waals surface area contributed by atoms with Crippen LogP contribution in [0.25, 0.3) is 0 Å². The maximum absolute atomic E-state index is 5.87.